The van der Waals surface area contributed by atoms with Crippen molar-refractivity contribution in [1.29, 1.82) is 0 Å². The smallest absolute Gasteiger partial charge is 0.340 e. The number of aliphatic hydroxyl groups excluding tert-OH is 1. The Labute approximate surface area is 185 Å². The Morgan fingerprint density at radius 1 is 1.20 bits per heavy atom. The number of nitrogens with zero attached hydrogens (tertiary/aromatic N) is 1. The number of allylic oxidation sites excluding steroid dienone is 2. The molecule has 7 heteroatoms. The number of aliphatic hydroxyl groups is 1. The molecular weight excluding hydrogens is 450 g/mol. The van der Waals surface area contributed by atoms with Crippen LogP contribution in [0, 0.1) is 0 Å². The maximum Gasteiger partial charge on any atom is 0.340 e. The molecule has 0 fully saturated rings. The van der Waals surface area contributed by atoms with Crippen LogP contribution in [0.25, 0.3) is 0 Å². The lowest BCUT2D eigenvalue weighted by Crippen LogP contribution is -2.31. The van der Waals surface area contributed by atoms with Gasteiger partial charge < -0.3 is 19.5 Å². The van der Waals surface area contributed by atoms with E-state index in [4.69, 9.17) is 9.47 Å². The van der Waals surface area contributed by atoms with Crippen LogP contribution in [0.4, 0.5) is 0 Å². The number of hydrogen-bond acceptors (Lipinski definition) is 6. The second-order valence-electron chi connectivity index (χ2n) is 6.64. The fraction of sp³-hybridized carbons (Fsp3) is 0.304. The van der Waals surface area contributed by atoms with Crippen molar-refractivity contribution >= 4 is 27.9 Å². The van der Waals surface area contributed by atoms with Crippen molar-refractivity contribution in [3.63, 3.8) is 0 Å². The lowest BCUT2D eigenvalue weighted by atomic mass is 9.96. The highest BCUT2D eigenvalue weighted by Crippen LogP contribution is 2.27. The molecule has 1 aromatic rings. The number of esters is 2. The van der Waals surface area contributed by atoms with Crippen LogP contribution in [0.3, 0.4) is 0 Å². The summed E-state index contributed by atoms with van der Waals surface area (Å²) in [5.74, 6) is -1.28. The molecule has 0 aromatic heterocycles. The van der Waals surface area contributed by atoms with Crippen LogP contribution in [0.5, 0.6) is 0 Å². The van der Waals surface area contributed by atoms with Crippen LogP contribution >= 0.6 is 15.9 Å². The molecule has 0 aliphatic carbocycles. The zero-order valence-electron chi connectivity index (χ0n) is 17.1. The number of ether oxygens (including phenoxy) is 2. The summed E-state index contributed by atoms with van der Waals surface area (Å²) in [6.07, 6.45) is 8.00. The monoisotopic (exact) mass is 475 g/mol. The second-order valence-corrected chi connectivity index (χ2v) is 7.50. The Morgan fingerprint density at radius 2 is 1.87 bits per heavy atom. The molecule has 1 aromatic carbocycles. The van der Waals surface area contributed by atoms with Gasteiger partial charge in [-0.25, -0.2) is 9.59 Å². The standard InChI is InChI=1S/C23H26BrNO5/c1-4-18-12-16(8-7-11-26)13-19(22(27)29-2)20(23(28)30-3)15-25(18)14-17-9-5-6-10-21(17)24/h4-6,9-10,12-13,15,18,26H,1,7-8,11,14H2,2-3H3/b16-12-,19-13+,20-15+. The predicted octanol–water partition coefficient (Wildman–Crippen LogP) is 3.67. The molecule has 0 radical (unpaired) electrons. The van der Waals surface area contributed by atoms with Gasteiger partial charge in [-0.3, -0.25) is 0 Å². The van der Waals surface area contributed by atoms with E-state index < -0.39 is 11.9 Å². The Kier molecular flexibility index (Phi) is 9.08. The molecule has 2 rings (SSSR count). The summed E-state index contributed by atoms with van der Waals surface area (Å²) in [4.78, 5) is 27.0. The minimum atomic E-state index is -0.644. The van der Waals surface area contributed by atoms with Gasteiger partial charge in [0.15, 0.2) is 0 Å². The first-order valence-corrected chi connectivity index (χ1v) is 10.3. The normalized spacial score (nSPS) is 21.7. The quantitative estimate of drug-likeness (QED) is 0.456. The maximum absolute atomic E-state index is 12.6. The minimum Gasteiger partial charge on any atom is -0.465 e. The van der Waals surface area contributed by atoms with Crippen molar-refractivity contribution in [2.24, 2.45) is 0 Å². The molecule has 1 N–H and O–H groups in total. The summed E-state index contributed by atoms with van der Waals surface area (Å²) in [5, 5.41) is 9.26. The van der Waals surface area contributed by atoms with Gasteiger partial charge in [0.2, 0.25) is 0 Å². The van der Waals surface area contributed by atoms with E-state index in [0.29, 0.717) is 19.4 Å². The first-order chi connectivity index (χ1) is 14.4. The predicted molar refractivity (Wildman–Crippen MR) is 118 cm³/mol. The molecule has 1 atom stereocenters. The Balaban J connectivity index is 2.65. The number of benzene rings is 1. The zero-order chi connectivity index (χ0) is 22.1. The Hall–Kier alpha value is -2.64. The highest BCUT2D eigenvalue weighted by atomic mass is 79.9. The fourth-order valence-corrected chi connectivity index (χ4v) is 3.53. The van der Waals surface area contributed by atoms with Crippen molar-refractivity contribution in [2.75, 3.05) is 20.8 Å². The van der Waals surface area contributed by atoms with Gasteiger partial charge in [-0.05, 0) is 36.1 Å². The highest BCUT2D eigenvalue weighted by Gasteiger charge is 2.27. The molecular formula is C23H26BrNO5. The van der Waals surface area contributed by atoms with Gasteiger partial charge in [0.05, 0.1) is 31.4 Å². The van der Waals surface area contributed by atoms with Crippen LogP contribution in [-0.2, 0) is 25.6 Å². The van der Waals surface area contributed by atoms with Crippen molar-refractivity contribution < 1.29 is 24.2 Å². The van der Waals surface area contributed by atoms with E-state index in [9.17, 15) is 14.7 Å². The van der Waals surface area contributed by atoms with Crippen LogP contribution in [0.15, 0.2) is 76.5 Å². The first-order valence-electron chi connectivity index (χ1n) is 9.48. The van der Waals surface area contributed by atoms with E-state index in [0.717, 1.165) is 15.6 Å². The molecule has 30 heavy (non-hydrogen) atoms. The number of hydrogen-bond donors (Lipinski definition) is 1. The number of halogens is 1. The van der Waals surface area contributed by atoms with E-state index in [-0.39, 0.29) is 23.8 Å². The molecule has 1 aliphatic rings. The molecule has 0 saturated carbocycles. The van der Waals surface area contributed by atoms with Crippen LogP contribution < -0.4 is 0 Å². The molecule has 1 unspecified atom stereocenters. The summed E-state index contributed by atoms with van der Waals surface area (Å²) in [7, 11) is 2.53. The van der Waals surface area contributed by atoms with Gasteiger partial charge in [-0.1, -0.05) is 46.3 Å². The number of methoxy groups -OCH3 is 2. The van der Waals surface area contributed by atoms with Crippen LogP contribution in [0.2, 0.25) is 0 Å². The fourth-order valence-electron chi connectivity index (χ4n) is 3.12. The summed E-state index contributed by atoms with van der Waals surface area (Å²) in [6, 6.07) is 7.52. The van der Waals surface area contributed by atoms with Crippen LogP contribution in [-0.4, -0.2) is 48.8 Å². The van der Waals surface area contributed by atoms with Crippen molar-refractivity contribution in [2.45, 2.75) is 25.4 Å². The number of carbonyl (C=O) groups excluding carboxylic acids is 2. The van der Waals surface area contributed by atoms with Crippen LogP contribution in [0.1, 0.15) is 18.4 Å². The molecule has 0 spiro atoms. The van der Waals surface area contributed by atoms with E-state index in [1.165, 1.54) is 14.2 Å². The maximum atomic E-state index is 12.6. The topological polar surface area (TPSA) is 76.1 Å². The molecule has 0 amide bonds. The number of carbonyl (C=O) groups is 2. The highest BCUT2D eigenvalue weighted by molar-refractivity contribution is 9.10. The van der Waals surface area contributed by atoms with Crippen molar-refractivity contribution in [3.8, 4) is 0 Å². The summed E-state index contributed by atoms with van der Waals surface area (Å²) < 4.78 is 10.8. The van der Waals surface area contributed by atoms with Gasteiger partial charge in [-0.15, -0.1) is 6.58 Å². The molecule has 0 bridgehead atoms. The van der Waals surface area contributed by atoms with Crippen molar-refractivity contribution in [3.05, 3.63) is 82.0 Å². The van der Waals surface area contributed by atoms with Crippen molar-refractivity contribution in [1.82, 2.24) is 4.90 Å². The van der Waals surface area contributed by atoms with E-state index in [1.807, 2.05) is 35.2 Å². The molecule has 160 valence electrons. The first kappa shape index (κ1) is 23.6. The van der Waals surface area contributed by atoms with Gasteiger partial charge in [0.1, 0.15) is 0 Å². The van der Waals surface area contributed by atoms with E-state index in [1.54, 1.807) is 18.4 Å². The third-order valence-electron chi connectivity index (χ3n) is 4.67. The average molecular weight is 476 g/mol. The minimum absolute atomic E-state index is 0.0118. The SMILES string of the molecule is C=CC1\C=C(CCCO)/C=C(C(=O)OC)\C(C(=O)OC)=C/N1Cc1ccccc1Br. The van der Waals surface area contributed by atoms with Gasteiger partial charge in [0, 0.05) is 23.8 Å². The molecule has 0 saturated heterocycles. The lowest BCUT2D eigenvalue weighted by molar-refractivity contribution is -0.139. The van der Waals surface area contributed by atoms with Gasteiger partial charge in [-0.2, -0.15) is 0 Å². The van der Waals surface area contributed by atoms with Gasteiger partial charge in [0.25, 0.3) is 0 Å². The van der Waals surface area contributed by atoms with E-state index in [2.05, 4.69) is 22.5 Å². The largest absolute Gasteiger partial charge is 0.465 e. The van der Waals surface area contributed by atoms with E-state index >= 15 is 0 Å². The van der Waals surface area contributed by atoms with Gasteiger partial charge >= 0.3 is 11.9 Å². The second kappa shape index (κ2) is 11.5. The molecule has 1 aliphatic heterocycles. The summed E-state index contributed by atoms with van der Waals surface area (Å²) >= 11 is 3.56. The molecule has 6 nitrogen and oxygen atoms in total. The summed E-state index contributed by atoms with van der Waals surface area (Å²) in [5.41, 5.74) is 1.99. The Bertz CT molecular complexity index is 887. The third kappa shape index (κ3) is 5.93. The summed E-state index contributed by atoms with van der Waals surface area (Å²) in [6.45, 7) is 4.41. The lowest BCUT2D eigenvalue weighted by Gasteiger charge is -2.30. The zero-order valence-corrected chi connectivity index (χ0v) is 18.7. The average Bonchev–Trinajstić information content (AvgIpc) is 2.75. The molecule has 1 heterocycles. The Morgan fingerprint density at radius 3 is 2.47 bits per heavy atom. The third-order valence-corrected chi connectivity index (χ3v) is 5.44. The number of rotatable bonds is 8.